The predicted octanol–water partition coefficient (Wildman–Crippen LogP) is 6.73. The fourth-order valence-corrected chi connectivity index (χ4v) is 7.36. The Hall–Kier alpha value is -1.92. The molecule has 0 fully saturated rings. The Labute approximate surface area is 199 Å². The van der Waals surface area contributed by atoms with Gasteiger partial charge in [0, 0.05) is 0 Å². The number of nitrogens with zero attached hydrogens (tertiary/aromatic N) is 1. The standard InChI is InChI=1S/C25H36NO5PS/c1-19(2)17-25(32(27,30-20(3)4)31-21(5)6)26(18-23-11-9-8-10-12-23)33(28,29)24-15-13-22(7)14-16-24/h8-17,19-21H,18H2,1-7H3/b25-17-. The number of rotatable bonds is 11. The van der Waals surface area contributed by atoms with Crippen LogP contribution in [0, 0.1) is 12.8 Å². The summed E-state index contributed by atoms with van der Waals surface area (Å²) in [5.41, 5.74) is 1.73. The van der Waals surface area contributed by atoms with Crippen LogP contribution in [-0.4, -0.2) is 24.9 Å². The van der Waals surface area contributed by atoms with Crippen molar-refractivity contribution in [2.45, 2.75) is 72.1 Å². The average Bonchev–Trinajstić information content (AvgIpc) is 2.70. The van der Waals surface area contributed by atoms with Crippen LogP contribution in [0.3, 0.4) is 0 Å². The van der Waals surface area contributed by atoms with E-state index in [-0.39, 0.29) is 22.8 Å². The van der Waals surface area contributed by atoms with Crippen LogP contribution in [0.1, 0.15) is 52.7 Å². The van der Waals surface area contributed by atoms with E-state index in [1.807, 2.05) is 51.1 Å². The first-order chi connectivity index (χ1) is 15.3. The highest BCUT2D eigenvalue weighted by Gasteiger charge is 2.41. The molecule has 2 aromatic carbocycles. The maximum Gasteiger partial charge on any atom is 0.378 e. The zero-order valence-corrected chi connectivity index (χ0v) is 22.3. The molecule has 0 amide bonds. The van der Waals surface area contributed by atoms with Gasteiger partial charge in [0.2, 0.25) is 0 Å². The molecule has 0 heterocycles. The molecule has 2 rings (SSSR count). The third-order valence-electron chi connectivity index (χ3n) is 4.50. The van der Waals surface area contributed by atoms with Gasteiger partial charge in [0.15, 0.2) is 0 Å². The van der Waals surface area contributed by atoms with E-state index in [4.69, 9.17) is 9.05 Å². The Morgan fingerprint density at radius 2 is 1.42 bits per heavy atom. The van der Waals surface area contributed by atoms with E-state index >= 15 is 0 Å². The van der Waals surface area contributed by atoms with Crippen LogP contribution < -0.4 is 0 Å². The maximum atomic E-state index is 14.2. The molecule has 0 saturated carbocycles. The molecule has 33 heavy (non-hydrogen) atoms. The smallest absolute Gasteiger partial charge is 0.301 e. The first kappa shape index (κ1) is 27.3. The van der Waals surface area contributed by atoms with Crippen molar-refractivity contribution in [3.8, 4) is 0 Å². The summed E-state index contributed by atoms with van der Waals surface area (Å²) < 4.78 is 55.0. The first-order valence-corrected chi connectivity index (χ1v) is 14.2. The topological polar surface area (TPSA) is 72.9 Å². The highest BCUT2D eigenvalue weighted by Crippen LogP contribution is 2.60. The third-order valence-corrected chi connectivity index (χ3v) is 8.75. The molecule has 0 radical (unpaired) electrons. The van der Waals surface area contributed by atoms with E-state index in [1.165, 1.54) is 4.31 Å². The first-order valence-electron chi connectivity index (χ1n) is 11.2. The minimum Gasteiger partial charge on any atom is -0.301 e. The van der Waals surface area contributed by atoms with E-state index in [0.29, 0.717) is 0 Å². The van der Waals surface area contributed by atoms with E-state index in [2.05, 4.69) is 0 Å². The van der Waals surface area contributed by atoms with Crippen molar-refractivity contribution in [1.29, 1.82) is 0 Å². The molecule has 0 spiro atoms. The largest absolute Gasteiger partial charge is 0.378 e. The number of sulfonamides is 1. The molecule has 0 bridgehead atoms. The average molecular weight is 494 g/mol. The molecule has 0 aromatic heterocycles. The van der Waals surface area contributed by atoms with Crippen molar-refractivity contribution < 1.29 is 22.0 Å². The lowest BCUT2D eigenvalue weighted by atomic mass is 10.2. The summed E-state index contributed by atoms with van der Waals surface area (Å²) in [4.78, 5) is 0.110. The monoisotopic (exact) mass is 493 g/mol. The van der Waals surface area contributed by atoms with Gasteiger partial charge in [-0.3, -0.25) is 8.87 Å². The summed E-state index contributed by atoms with van der Waals surface area (Å²) in [5, 5.41) is 0. The van der Waals surface area contributed by atoms with Crippen LogP contribution in [0.25, 0.3) is 0 Å². The Bertz CT molecular complexity index is 1060. The van der Waals surface area contributed by atoms with Crippen molar-refractivity contribution in [1.82, 2.24) is 4.31 Å². The number of aryl methyl sites for hydroxylation is 1. The number of hydrogen-bond acceptors (Lipinski definition) is 5. The number of allylic oxidation sites excluding steroid dienone is 1. The molecule has 0 N–H and O–H groups in total. The van der Waals surface area contributed by atoms with E-state index < -0.39 is 29.8 Å². The molecule has 8 heteroatoms. The van der Waals surface area contributed by atoms with Gasteiger partial charge in [0.05, 0.1) is 23.6 Å². The SMILES string of the molecule is Cc1ccc(S(=O)(=O)N(Cc2ccccc2)/C(=C/C(C)C)P(=O)(OC(C)C)OC(C)C)cc1. The summed E-state index contributed by atoms with van der Waals surface area (Å²) in [5.74, 6) is -0.105. The minimum atomic E-state index is -4.08. The molecule has 182 valence electrons. The molecular weight excluding hydrogens is 457 g/mol. The quantitative estimate of drug-likeness (QED) is 0.325. The van der Waals surface area contributed by atoms with Crippen LogP contribution >= 0.6 is 7.60 Å². The van der Waals surface area contributed by atoms with Gasteiger partial charge in [-0.1, -0.05) is 61.9 Å². The predicted molar refractivity (Wildman–Crippen MR) is 133 cm³/mol. The summed E-state index contributed by atoms with van der Waals surface area (Å²) in [7, 11) is -8.09. The summed E-state index contributed by atoms with van der Waals surface area (Å²) in [6.45, 7) is 12.7. The van der Waals surface area contributed by atoms with Crippen molar-refractivity contribution in [2.75, 3.05) is 0 Å². The second kappa shape index (κ2) is 11.5. The molecule has 0 aliphatic rings. The molecular formula is C25H36NO5PS. The molecule has 0 unspecified atom stereocenters. The van der Waals surface area contributed by atoms with Crippen molar-refractivity contribution >= 4 is 17.6 Å². The van der Waals surface area contributed by atoms with Crippen LogP contribution in [0.15, 0.2) is 71.0 Å². The lowest BCUT2D eigenvalue weighted by Crippen LogP contribution is -2.32. The van der Waals surface area contributed by atoms with Gasteiger partial charge in [-0.15, -0.1) is 0 Å². The molecule has 0 aliphatic heterocycles. The zero-order valence-electron chi connectivity index (χ0n) is 20.6. The molecule has 2 aromatic rings. The number of hydrogen-bond donors (Lipinski definition) is 0. The summed E-state index contributed by atoms with van der Waals surface area (Å²) >= 11 is 0. The molecule has 0 saturated heterocycles. The van der Waals surface area contributed by atoms with Crippen LogP contribution in [0.2, 0.25) is 0 Å². The lowest BCUT2D eigenvalue weighted by Gasteiger charge is -2.33. The molecule has 6 nitrogen and oxygen atoms in total. The second-order valence-electron chi connectivity index (χ2n) is 8.89. The fourth-order valence-electron chi connectivity index (χ4n) is 3.17. The van der Waals surface area contributed by atoms with Gasteiger partial charge >= 0.3 is 7.60 Å². The number of benzene rings is 2. The van der Waals surface area contributed by atoms with Gasteiger partial charge in [-0.2, -0.15) is 0 Å². The second-order valence-corrected chi connectivity index (χ2v) is 12.6. The van der Waals surface area contributed by atoms with Gasteiger partial charge in [0.25, 0.3) is 10.0 Å². The van der Waals surface area contributed by atoms with Crippen molar-refractivity contribution in [2.24, 2.45) is 5.92 Å². The van der Waals surface area contributed by atoms with Gasteiger partial charge in [-0.05, 0) is 64.3 Å². The summed E-state index contributed by atoms with van der Waals surface area (Å²) in [6, 6.07) is 15.8. The minimum absolute atomic E-state index is 0.0114. The highest BCUT2D eigenvalue weighted by molar-refractivity contribution is 7.89. The highest BCUT2D eigenvalue weighted by atomic mass is 32.2. The van der Waals surface area contributed by atoms with Crippen LogP contribution in [-0.2, 0) is 30.2 Å². The molecule has 0 aliphatic carbocycles. The Kier molecular flexibility index (Phi) is 9.50. The lowest BCUT2D eigenvalue weighted by molar-refractivity contribution is 0.143. The van der Waals surface area contributed by atoms with E-state index in [9.17, 15) is 13.0 Å². The Morgan fingerprint density at radius 1 is 0.909 bits per heavy atom. The van der Waals surface area contributed by atoms with Gasteiger partial charge in [-0.25, -0.2) is 8.42 Å². The van der Waals surface area contributed by atoms with Crippen molar-refractivity contribution in [3.05, 3.63) is 77.2 Å². The van der Waals surface area contributed by atoms with Crippen molar-refractivity contribution in [3.63, 3.8) is 0 Å². The maximum absolute atomic E-state index is 14.2. The van der Waals surface area contributed by atoms with Crippen LogP contribution in [0.5, 0.6) is 0 Å². The van der Waals surface area contributed by atoms with Crippen LogP contribution in [0.4, 0.5) is 0 Å². The zero-order chi connectivity index (χ0) is 24.8. The third kappa shape index (κ3) is 7.54. The van der Waals surface area contributed by atoms with E-state index in [1.54, 1.807) is 58.0 Å². The summed E-state index contributed by atoms with van der Waals surface area (Å²) in [6.07, 6.45) is 0.789. The van der Waals surface area contributed by atoms with E-state index in [0.717, 1.165) is 11.1 Å². The van der Waals surface area contributed by atoms with Gasteiger partial charge < -0.3 is 9.05 Å². The molecule has 0 atom stereocenters. The fraction of sp³-hybridized carbons (Fsp3) is 0.440. The Balaban J connectivity index is 2.77. The Morgan fingerprint density at radius 3 is 1.88 bits per heavy atom. The normalized spacial score (nSPS) is 13.2. The van der Waals surface area contributed by atoms with Gasteiger partial charge in [0.1, 0.15) is 5.44 Å².